The number of rotatable bonds is 2. The molecular formula is C50H30N2. The van der Waals surface area contributed by atoms with Crippen molar-refractivity contribution in [2.24, 2.45) is 0 Å². The van der Waals surface area contributed by atoms with Gasteiger partial charge in [-0.2, -0.15) is 0 Å². The second kappa shape index (κ2) is 9.99. The molecule has 0 aliphatic heterocycles. The van der Waals surface area contributed by atoms with Crippen molar-refractivity contribution in [3.05, 3.63) is 157 Å². The zero-order chi connectivity index (χ0) is 34.2. The Hall–Kier alpha value is -6.64. The predicted octanol–water partition coefficient (Wildman–Crippen LogP) is 13.7. The summed E-state index contributed by atoms with van der Waals surface area (Å²) >= 11 is 0. The second-order valence-electron chi connectivity index (χ2n) is 14.5. The van der Waals surface area contributed by atoms with Crippen LogP contribution in [-0.2, 0) is 0 Å². The van der Waals surface area contributed by atoms with E-state index in [0.717, 1.165) is 22.1 Å². The van der Waals surface area contributed by atoms with Gasteiger partial charge in [-0.3, -0.25) is 0 Å². The molecule has 0 atom stereocenters. The van der Waals surface area contributed by atoms with Gasteiger partial charge < -0.3 is 0 Å². The van der Waals surface area contributed by atoms with E-state index in [2.05, 4.69) is 159 Å². The van der Waals surface area contributed by atoms with Crippen LogP contribution in [0, 0.1) is 13.8 Å². The summed E-state index contributed by atoms with van der Waals surface area (Å²) in [5.74, 6) is 0. The van der Waals surface area contributed by atoms with Crippen LogP contribution in [-0.4, -0.2) is 9.97 Å². The number of aryl methyl sites for hydroxylation is 2. The predicted molar refractivity (Wildman–Crippen MR) is 222 cm³/mol. The number of pyridine rings is 2. The summed E-state index contributed by atoms with van der Waals surface area (Å²) in [6, 6.07) is 53.6. The summed E-state index contributed by atoms with van der Waals surface area (Å²) in [4.78, 5) is 11.2. The maximum Gasteiger partial charge on any atom is 0.0801 e. The first-order valence-corrected chi connectivity index (χ1v) is 18.1. The molecule has 0 spiro atoms. The van der Waals surface area contributed by atoms with Crippen LogP contribution in [0.5, 0.6) is 0 Å². The normalized spacial score (nSPS) is 12.4. The van der Waals surface area contributed by atoms with Crippen molar-refractivity contribution >= 4 is 97.5 Å². The molecule has 2 aromatic heterocycles. The summed E-state index contributed by atoms with van der Waals surface area (Å²) in [6.07, 6.45) is 0. The highest BCUT2D eigenvalue weighted by atomic mass is 14.7. The van der Waals surface area contributed by atoms with Crippen LogP contribution in [0.15, 0.2) is 146 Å². The van der Waals surface area contributed by atoms with Gasteiger partial charge in [0.25, 0.3) is 0 Å². The molecular weight excluding hydrogens is 629 g/mol. The maximum absolute atomic E-state index is 5.59. The Kier molecular flexibility index (Phi) is 5.40. The molecule has 12 rings (SSSR count). The van der Waals surface area contributed by atoms with E-state index < -0.39 is 0 Å². The fourth-order valence-electron chi connectivity index (χ4n) is 9.55. The molecule has 0 saturated heterocycles. The number of hydrogen-bond acceptors (Lipinski definition) is 2. The minimum absolute atomic E-state index is 1.01. The highest BCUT2D eigenvalue weighted by Crippen LogP contribution is 2.51. The Labute approximate surface area is 299 Å². The highest BCUT2D eigenvalue weighted by Gasteiger charge is 2.25. The Morgan fingerprint density at radius 2 is 0.654 bits per heavy atom. The van der Waals surface area contributed by atoms with E-state index in [1.165, 1.54) is 109 Å². The molecule has 12 aromatic rings. The van der Waals surface area contributed by atoms with Crippen molar-refractivity contribution in [2.75, 3.05) is 0 Å². The summed E-state index contributed by atoms with van der Waals surface area (Å²) in [5, 5.41) is 17.1. The third-order valence-corrected chi connectivity index (χ3v) is 11.8. The molecule has 52 heavy (non-hydrogen) atoms. The van der Waals surface area contributed by atoms with Gasteiger partial charge in [0.15, 0.2) is 0 Å². The number of fused-ring (bicyclic) bond motifs is 6. The number of aromatic nitrogens is 2. The van der Waals surface area contributed by atoms with Crippen molar-refractivity contribution in [1.29, 1.82) is 0 Å². The molecule has 240 valence electrons. The van der Waals surface area contributed by atoms with E-state index in [-0.39, 0.29) is 0 Å². The summed E-state index contributed by atoms with van der Waals surface area (Å²) in [6.45, 7) is 4.41. The van der Waals surface area contributed by atoms with E-state index >= 15 is 0 Å². The summed E-state index contributed by atoms with van der Waals surface area (Å²) < 4.78 is 0. The Bertz CT molecular complexity index is 3250. The van der Waals surface area contributed by atoms with E-state index in [4.69, 9.17) is 9.97 Å². The molecule has 0 fully saturated rings. The monoisotopic (exact) mass is 658 g/mol. The van der Waals surface area contributed by atoms with Gasteiger partial charge in [-0.1, -0.05) is 133 Å². The Morgan fingerprint density at radius 3 is 1.08 bits per heavy atom. The molecule has 0 amide bonds. The number of hydrogen-bond donors (Lipinski definition) is 0. The van der Waals surface area contributed by atoms with Crippen molar-refractivity contribution in [1.82, 2.24) is 9.97 Å². The minimum atomic E-state index is 1.01. The fraction of sp³-hybridized carbons (Fsp3) is 0.0400. The molecule has 2 nitrogen and oxygen atoms in total. The third kappa shape index (κ3) is 3.49. The van der Waals surface area contributed by atoms with Gasteiger partial charge in [-0.05, 0) is 102 Å². The summed E-state index contributed by atoms with van der Waals surface area (Å²) in [7, 11) is 0. The van der Waals surface area contributed by atoms with E-state index in [1.54, 1.807) is 0 Å². The molecule has 10 aromatic carbocycles. The van der Waals surface area contributed by atoms with Crippen LogP contribution in [0.25, 0.3) is 120 Å². The Balaban J connectivity index is 1.32. The van der Waals surface area contributed by atoms with Gasteiger partial charge in [-0.15, -0.1) is 0 Å². The largest absolute Gasteiger partial charge is 0.247 e. The second-order valence-corrected chi connectivity index (χ2v) is 14.5. The molecule has 0 unspecified atom stereocenters. The van der Waals surface area contributed by atoms with Gasteiger partial charge in [0.2, 0.25) is 0 Å². The number of nitrogens with zero attached hydrogens (tertiary/aromatic N) is 2. The lowest BCUT2D eigenvalue weighted by atomic mass is 9.83. The average molecular weight is 659 g/mol. The van der Waals surface area contributed by atoms with Crippen LogP contribution in [0.2, 0.25) is 0 Å². The van der Waals surface area contributed by atoms with Gasteiger partial charge in [0.1, 0.15) is 0 Å². The smallest absolute Gasteiger partial charge is 0.0801 e. The van der Waals surface area contributed by atoms with Crippen LogP contribution in [0.3, 0.4) is 0 Å². The molecule has 0 N–H and O–H groups in total. The van der Waals surface area contributed by atoms with Gasteiger partial charge in [0, 0.05) is 32.3 Å². The molecule has 0 saturated carbocycles. The zero-order valence-electron chi connectivity index (χ0n) is 28.8. The topological polar surface area (TPSA) is 25.8 Å². The molecule has 0 aliphatic carbocycles. The molecule has 0 bridgehead atoms. The Morgan fingerprint density at radius 1 is 0.288 bits per heavy atom. The van der Waals surface area contributed by atoms with Crippen molar-refractivity contribution in [3.63, 3.8) is 0 Å². The van der Waals surface area contributed by atoms with Crippen LogP contribution in [0.1, 0.15) is 11.1 Å². The van der Waals surface area contributed by atoms with Crippen molar-refractivity contribution < 1.29 is 0 Å². The standard InChI is InChI=1S/C50H30N2/c1-27-19-21-35(31-13-5-3-11-29(27)31)43-33-15-7-9-17-37(33)49-45-39(43)23-25-41-47(45)48-42(51-49)26-24-40-44(34-16-8-10-18-38(34)50(52-41)46(40)48)36-22-20-28(2)30-12-4-6-14-32(30)36/h3-26H,1-2H3. The van der Waals surface area contributed by atoms with E-state index in [1.807, 2.05) is 0 Å². The molecule has 2 heterocycles. The van der Waals surface area contributed by atoms with E-state index in [0.29, 0.717) is 0 Å². The summed E-state index contributed by atoms with van der Waals surface area (Å²) in [5.41, 5.74) is 11.7. The first-order valence-electron chi connectivity index (χ1n) is 18.1. The lowest BCUT2D eigenvalue weighted by molar-refractivity contribution is 1.50. The lowest BCUT2D eigenvalue weighted by Gasteiger charge is -2.22. The highest BCUT2D eigenvalue weighted by molar-refractivity contribution is 6.41. The van der Waals surface area contributed by atoms with E-state index in [9.17, 15) is 0 Å². The molecule has 2 heteroatoms. The molecule has 0 aliphatic rings. The van der Waals surface area contributed by atoms with Crippen LogP contribution < -0.4 is 0 Å². The van der Waals surface area contributed by atoms with Crippen LogP contribution >= 0.6 is 0 Å². The maximum atomic E-state index is 5.59. The fourth-order valence-corrected chi connectivity index (χ4v) is 9.55. The quantitative estimate of drug-likeness (QED) is 0.136. The van der Waals surface area contributed by atoms with Gasteiger partial charge >= 0.3 is 0 Å². The van der Waals surface area contributed by atoms with Crippen molar-refractivity contribution in [2.45, 2.75) is 13.8 Å². The zero-order valence-corrected chi connectivity index (χ0v) is 28.8. The van der Waals surface area contributed by atoms with Crippen LogP contribution in [0.4, 0.5) is 0 Å². The lowest BCUT2D eigenvalue weighted by Crippen LogP contribution is -1.98. The SMILES string of the molecule is Cc1ccc(-c2c3ccccc3c3nc4ccc5c(-c6ccc(C)c7ccccc67)c6ccccc6c6nc7ccc2c3c7c4c56)c2ccccc12. The average Bonchev–Trinajstić information content (AvgIpc) is 3.20. The number of benzene rings is 10. The van der Waals surface area contributed by atoms with Gasteiger partial charge in [0.05, 0.1) is 22.1 Å². The third-order valence-electron chi connectivity index (χ3n) is 11.8. The first-order chi connectivity index (χ1) is 25.7. The minimum Gasteiger partial charge on any atom is -0.247 e. The van der Waals surface area contributed by atoms with Gasteiger partial charge in [-0.25, -0.2) is 9.97 Å². The molecule has 0 radical (unpaired) electrons. The van der Waals surface area contributed by atoms with Crippen molar-refractivity contribution in [3.8, 4) is 22.3 Å². The first kappa shape index (κ1) is 28.1.